The molecule has 1 aromatic rings. The number of hydrogen-bond acceptors (Lipinski definition) is 5. The molecule has 22 heavy (non-hydrogen) atoms. The molecule has 122 valence electrons. The predicted octanol–water partition coefficient (Wildman–Crippen LogP) is 3.23. The molecule has 0 amide bonds. The largest absolute Gasteiger partial charge is 0.487 e. The monoisotopic (exact) mass is 329 g/mol. The number of benzene rings is 1. The van der Waals surface area contributed by atoms with Crippen LogP contribution < -0.4 is 9.47 Å². The highest BCUT2D eigenvalue weighted by Crippen LogP contribution is 2.35. The lowest BCUT2D eigenvalue weighted by Gasteiger charge is -2.17. The Morgan fingerprint density at radius 2 is 2.09 bits per heavy atom. The van der Waals surface area contributed by atoms with Crippen LogP contribution in [0.15, 0.2) is 12.1 Å². The minimum Gasteiger partial charge on any atom is -0.487 e. The Morgan fingerprint density at radius 1 is 1.41 bits per heavy atom. The highest BCUT2D eigenvalue weighted by atomic mass is 28.3. The molecule has 1 aromatic carbocycles. The first kappa shape index (κ1) is 16.7. The summed E-state index contributed by atoms with van der Waals surface area (Å²) >= 11 is 0. The van der Waals surface area contributed by atoms with Crippen LogP contribution in [0.25, 0.3) is 0 Å². The summed E-state index contributed by atoms with van der Waals surface area (Å²) < 4.78 is 30.1. The van der Waals surface area contributed by atoms with E-state index < -0.39 is 18.8 Å². The van der Waals surface area contributed by atoms with E-state index in [1.54, 1.807) is 0 Å². The minimum atomic E-state index is -1.32. The Morgan fingerprint density at radius 3 is 2.64 bits per heavy atom. The Kier molecular flexibility index (Phi) is 5.02. The lowest BCUT2D eigenvalue weighted by atomic mass is 10.2. The fraction of sp³-hybridized carbons (Fsp3) is 0.571. The van der Waals surface area contributed by atoms with Gasteiger partial charge in [-0.05, 0) is 6.04 Å². The summed E-state index contributed by atoms with van der Waals surface area (Å²) in [4.78, 5) is 10.2. The maximum absolute atomic E-state index is 14.1. The lowest BCUT2D eigenvalue weighted by Crippen LogP contribution is -2.22. The van der Waals surface area contributed by atoms with E-state index in [9.17, 15) is 14.5 Å². The number of non-ortho nitro benzene ring substituents is 1. The predicted molar refractivity (Wildman–Crippen MR) is 81.9 cm³/mol. The summed E-state index contributed by atoms with van der Waals surface area (Å²) in [6.07, 6.45) is -0.0304. The van der Waals surface area contributed by atoms with Gasteiger partial charge in [-0.1, -0.05) is 19.6 Å². The molecule has 0 aromatic heterocycles. The Bertz CT molecular complexity index is 557. The summed E-state index contributed by atoms with van der Waals surface area (Å²) in [5, 5.41) is 10.8. The van der Waals surface area contributed by atoms with E-state index in [0.717, 1.165) is 12.1 Å². The van der Waals surface area contributed by atoms with E-state index in [2.05, 4.69) is 19.6 Å². The standard InChI is InChI=1S/C14H20FNO5Si/c1-22(2,3)5-4-19-14-12(15)6-10(16(17)18)7-13(14)21-9-11-8-20-11/h6-7,11H,4-5,8-9H2,1-3H3/t11-/m1/s1. The molecule has 8 heteroatoms. The summed E-state index contributed by atoms with van der Waals surface area (Å²) in [7, 11) is -1.32. The summed E-state index contributed by atoms with van der Waals surface area (Å²) in [6, 6.07) is 2.90. The molecule has 2 rings (SSSR count). The first-order chi connectivity index (χ1) is 10.3. The number of nitrogens with zero attached hydrogens (tertiary/aromatic N) is 1. The second-order valence-corrected chi connectivity index (χ2v) is 12.1. The van der Waals surface area contributed by atoms with Crippen molar-refractivity contribution in [1.82, 2.24) is 0 Å². The van der Waals surface area contributed by atoms with Gasteiger partial charge in [-0.3, -0.25) is 10.1 Å². The summed E-state index contributed by atoms with van der Waals surface area (Å²) in [5.41, 5.74) is -0.359. The number of nitro benzene ring substituents is 1. The molecular weight excluding hydrogens is 309 g/mol. The first-order valence-corrected chi connectivity index (χ1v) is 10.8. The van der Waals surface area contributed by atoms with Crippen LogP contribution in [-0.2, 0) is 4.74 Å². The van der Waals surface area contributed by atoms with Crippen LogP contribution in [0.5, 0.6) is 11.5 Å². The molecule has 0 N–H and O–H groups in total. The normalized spacial score (nSPS) is 17.2. The zero-order valence-electron chi connectivity index (χ0n) is 12.9. The van der Waals surface area contributed by atoms with Gasteiger partial charge in [-0.2, -0.15) is 0 Å². The average Bonchev–Trinajstić information content (AvgIpc) is 3.21. The van der Waals surface area contributed by atoms with Gasteiger partial charge in [-0.25, -0.2) is 4.39 Å². The zero-order valence-corrected chi connectivity index (χ0v) is 13.9. The van der Waals surface area contributed by atoms with Crippen molar-refractivity contribution in [3.63, 3.8) is 0 Å². The van der Waals surface area contributed by atoms with Gasteiger partial charge in [0, 0.05) is 8.07 Å². The van der Waals surface area contributed by atoms with E-state index >= 15 is 0 Å². The van der Waals surface area contributed by atoms with Crippen LogP contribution in [0.4, 0.5) is 10.1 Å². The number of ether oxygens (including phenoxy) is 3. The maximum atomic E-state index is 14.1. The lowest BCUT2D eigenvalue weighted by molar-refractivity contribution is -0.385. The highest BCUT2D eigenvalue weighted by Gasteiger charge is 2.26. The Balaban J connectivity index is 2.14. The van der Waals surface area contributed by atoms with Gasteiger partial charge in [0.25, 0.3) is 5.69 Å². The van der Waals surface area contributed by atoms with Crippen molar-refractivity contribution in [2.24, 2.45) is 0 Å². The molecule has 1 aliphatic heterocycles. The average molecular weight is 329 g/mol. The fourth-order valence-electron chi connectivity index (χ4n) is 1.71. The van der Waals surface area contributed by atoms with Gasteiger partial charge in [0.15, 0.2) is 17.3 Å². The van der Waals surface area contributed by atoms with Crippen LogP contribution in [0.1, 0.15) is 0 Å². The second-order valence-electron chi connectivity index (χ2n) is 6.44. The van der Waals surface area contributed by atoms with Crippen molar-refractivity contribution >= 4 is 13.8 Å². The van der Waals surface area contributed by atoms with Crippen molar-refractivity contribution < 1.29 is 23.5 Å². The third-order valence-electron chi connectivity index (χ3n) is 3.13. The maximum Gasteiger partial charge on any atom is 0.276 e. The Labute approximate surface area is 129 Å². The zero-order chi connectivity index (χ0) is 16.3. The molecule has 0 saturated carbocycles. The summed E-state index contributed by atoms with van der Waals surface area (Å²) in [5.74, 6) is -0.793. The minimum absolute atomic E-state index is 0.0304. The number of halogens is 1. The summed E-state index contributed by atoms with van der Waals surface area (Å²) in [6.45, 7) is 7.73. The highest BCUT2D eigenvalue weighted by molar-refractivity contribution is 6.76. The molecule has 0 aliphatic carbocycles. The molecule has 0 radical (unpaired) electrons. The van der Waals surface area contributed by atoms with Gasteiger partial charge in [0.2, 0.25) is 0 Å². The van der Waals surface area contributed by atoms with Gasteiger partial charge in [0.05, 0.1) is 30.3 Å². The molecule has 1 fully saturated rings. The van der Waals surface area contributed by atoms with Gasteiger partial charge >= 0.3 is 0 Å². The van der Waals surface area contributed by atoms with Gasteiger partial charge in [0.1, 0.15) is 12.7 Å². The molecule has 1 saturated heterocycles. The first-order valence-electron chi connectivity index (χ1n) is 7.11. The van der Waals surface area contributed by atoms with E-state index in [1.165, 1.54) is 6.07 Å². The molecule has 0 unspecified atom stereocenters. The number of hydrogen-bond donors (Lipinski definition) is 0. The quantitative estimate of drug-likeness (QED) is 0.317. The van der Waals surface area contributed by atoms with Crippen molar-refractivity contribution in [3.8, 4) is 11.5 Å². The van der Waals surface area contributed by atoms with E-state index in [-0.39, 0.29) is 29.9 Å². The van der Waals surface area contributed by atoms with Gasteiger partial charge < -0.3 is 14.2 Å². The number of rotatable bonds is 8. The molecule has 1 heterocycles. The molecule has 1 aliphatic rings. The SMILES string of the molecule is C[Si](C)(C)CCOc1c(F)cc([N+](=O)[O-])cc1OC[C@H]1CO1. The molecule has 6 nitrogen and oxygen atoms in total. The third-order valence-corrected chi connectivity index (χ3v) is 4.83. The molecular formula is C14H20FNO5Si. The van der Waals surface area contributed by atoms with Crippen LogP contribution in [0, 0.1) is 15.9 Å². The Hall–Kier alpha value is -1.67. The third kappa shape index (κ3) is 4.95. The van der Waals surface area contributed by atoms with Gasteiger partial charge in [-0.15, -0.1) is 0 Å². The topological polar surface area (TPSA) is 74.1 Å². The van der Waals surface area contributed by atoms with Crippen LogP contribution >= 0.6 is 0 Å². The van der Waals surface area contributed by atoms with Crippen molar-refractivity contribution in [2.45, 2.75) is 31.8 Å². The van der Waals surface area contributed by atoms with Crippen molar-refractivity contribution in [3.05, 3.63) is 28.1 Å². The second kappa shape index (κ2) is 6.61. The van der Waals surface area contributed by atoms with Crippen LogP contribution in [0.3, 0.4) is 0 Å². The fourth-order valence-corrected chi connectivity index (χ4v) is 2.43. The molecule has 1 atom stereocenters. The van der Waals surface area contributed by atoms with Crippen molar-refractivity contribution in [1.29, 1.82) is 0 Å². The van der Waals surface area contributed by atoms with Crippen molar-refractivity contribution in [2.75, 3.05) is 19.8 Å². The van der Waals surface area contributed by atoms with E-state index in [0.29, 0.717) is 13.2 Å². The molecule has 0 bridgehead atoms. The van der Waals surface area contributed by atoms with E-state index in [1.807, 2.05) is 0 Å². The van der Waals surface area contributed by atoms with E-state index in [4.69, 9.17) is 14.2 Å². The molecule has 0 spiro atoms. The smallest absolute Gasteiger partial charge is 0.276 e. The number of epoxide rings is 1. The van der Waals surface area contributed by atoms with Crippen LogP contribution in [-0.4, -0.2) is 38.9 Å². The van der Waals surface area contributed by atoms with Crippen LogP contribution in [0.2, 0.25) is 25.7 Å². The number of nitro groups is 1.